The number of phenolic OH excluding ortho intramolecular Hbond substituents is 1. The van der Waals surface area contributed by atoms with Gasteiger partial charge in [0, 0.05) is 12.0 Å². The second kappa shape index (κ2) is 5.19. The van der Waals surface area contributed by atoms with Crippen LogP contribution < -0.4 is 11.1 Å². The van der Waals surface area contributed by atoms with Gasteiger partial charge in [0.25, 0.3) is 0 Å². The molecule has 0 aliphatic heterocycles. The fourth-order valence-electron chi connectivity index (χ4n) is 1.58. The number of amides is 1. The van der Waals surface area contributed by atoms with E-state index in [0.29, 0.717) is 0 Å². The molecular formula is C13H20N2O2. The minimum absolute atomic E-state index is 0.0895. The number of carbonyl (C=O) groups is 1. The normalized spacial score (nSPS) is 13.2. The van der Waals surface area contributed by atoms with Crippen molar-refractivity contribution < 1.29 is 9.90 Å². The average Bonchev–Trinajstić information content (AvgIpc) is 2.14. The number of hydrogen-bond donors (Lipinski definition) is 3. The van der Waals surface area contributed by atoms with Crippen LogP contribution >= 0.6 is 0 Å². The third kappa shape index (κ3) is 4.87. The molecule has 0 fully saturated rings. The predicted molar refractivity (Wildman–Crippen MR) is 67.5 cm³/mol. The van der Waals surface area contributed by atoms with E-state index in [1.54, 1.807) is 18.2 Å². The summed E-state index contributed by atoms with van der Waals surface area (Å²) in [4.78, 5) is 11.7. The van der Waals surface area contributed by atoms with Crippen LogP contribution in [-0.2, 0) is 4.79 Å². The Morgan fingerprint density at radius 1 is 1.53 bits per heavy atom. The van der Waals surface area contributed by atoms with Gasteiger partial charge in [-0.05, 0) is 38.5 Å². The lowest BCUT2D eigenvalue weighted by molar-refractivity contribution is -0.122. The summed E-state index contributed by atoms with van der Waals surface area (Å²) in [6.07, 6.45) is 0.274. The molecule has 94 valence electrons. The van der Waals surface area contributed by atoms with Crippen LogP contribution in [0.2, 0.25) is 0 Å². The number of nitrogens with one attached hydrogen (secondary N) is 1. The zero-order valence-electron chi connectivity index (χ0n) is 10.5. The van der Waals surface area contributed by atoms with E-state index in [4.69, 9.17) is 5.73 Å². The number of hydrogen-bond acceptors (Lipinski definition) is 3. The van der Waals surface area contributed by atoms with Crippen molar-refractivity contribution in [3.8, 4) is 5.75 Å². The van der Waals surface area contributed by atoms with Gasteiger partial charge in [0.15, 0.2) is 0 Å². The van der Waals surface area contributed by atoms with Gasteiger partial charge in [0.2, 0.25) is 5.91 Å². The highest BCUT2D eigenvalue weighted by Gasteiger charge is 2.18. The number of rotatable bonds is 4. The van der Waals surface area contributed by atoms with Gasteiger partial charge in [0.05, 0.1) is 6.04 Å². The molecule has 1 aromatic rings. The lowest BCUT2D eigenvalue weighted by Gasteiger charge is -2.20. The summed E-state index contributed by atoms with van der Waals surface area (Å²) in [5.41, 5.74) is 6.13. The fraction of sp³-hybridized carbons (Fsp3) is 0.462. The summed E-state index contributed by atoms with van der Waals surface area (Å²) >= 11 is 0. The van der Waals surface area contributed by atoms with E-state index in [2.05, 4.69) is 5.32 Å². The zero-order valence-corrected chi connectivity index (χ0v) is 10.5. The van der Waals surface area contributed by atoms with E-state index in [1.807, 2.05) is 26.8 Å². The van der Waals surface area contributed by atoms with E-state index in [9.17, 15) is 9.90 Å². The third-order valence-corrected chi connectivity index (χ3v) is 2.36. The van der Waals surface area contributed by atoms with Crippen LogP contribution in [0, 0.1) is 0 Å². The highest BCUT2D eigenvalue weighted by molar-refractivity contribution is 5.77. The van der Waals surface area contributed by atoms with Gasteiger partial charge < -0.3 is 16.2 Å². The van der Waals surface area contributed by atoms with Gasteiger partial charge in [0.1, 0.15) is 5.75 Å². The topological polar surface area (TPSA) is 75.4 Å². The lowest BCUT2D eigenvalue weighted by atomic mass is 10.0. The van der Waals surface area contributed by atoms with Crippen LogP contribution in [0.5, 0.6) is 5.75 Å². The first kappa shape index (κ1) is 13.5. The zero-order chi connectivity index (χ0) is 13.1. The molecule has 17 heavy (non-hydrogen) atoms. The average molecular weight is 236 g/mol. The number of phenols is 1. The molecule has 1 unspecified atom stereocenters. The van der Waals surface area contributed by atoms with Gasteiger partial charge in [-0.3, -0.25) is 4.79 Å². The summed E-state index contributed by atoms with van der Waals surface area (Å²) in [7, 11) is 0. The van der Waals surface area contributed by atoms with E-state index in [1.165, 1.54) is 0 Å². The largest absolute Gasteiger partial charge is 0.508 e. The summed E-state index contributed by atoms with van der Waals surface area (Å²) in [6, 6.07) is 6.70. The van der Waals surface area contributed by atoms with E-state index < -0.39 is 5.54 Å². The SMILES string of the molecule is CC(NC(=O)CC(C)(C)N)c1cccc(O)c1. The molecule has 0 saturated carbocycles. The van der Waals surface area contributed by atoms with Gasteiger partial charge in [-0.2, -0.15) is 0 Å². The molecule has 0 aliphatic rings. The van der Waals surface area contributed by atoms with Crippen molar-refractivity contribution in [3.63, 3.8) is 0 Å². The molecule has 1 atom stereocenters. The second-order valence-corrected chi connectivity index (χ2v) is 5.05. The molecule has 0 radical (unpaired) electrons. The molecular weight excluding hydrogens is 216 g/mol. The first-order chi connectivity index (χ1) is 7.78. The van der Waals surface area contributed by atoms with Crippen LogP contribution in [0.4, 0.5) is 0 Å². The van der Waals surface area contributed by atoms with Crippen LogP contribution in [0.1, 0.15) is 38.8 Å². The monoisotopic (exact) mass is 236 g/mol. The highest BCUT2D eigenvalue weighted by Crippen LogP contribution is 2.18. The smallest absolute Gasteiger partial charge is 0.222 e. The summed E-state index contributed by atoms with van der Waals surface area (Å²) in [5, 5.41) is 12.2. The van der Waals surface area contributed by atoms with Crippen molar-refractivity contribution in [3.05, 3.63) is 29.8 Å². The molecule has 4 N–H and O–H groups in total. The Balaban J connectivity index is 2.61. The molecule has 0 saturated heterocycles. The van der Waals surface area contributed by atoms with Crippen molar-refractivity contribution in [1.29, 1.82) is 0 Å². The Morgan fingerprint density at radius 3 is 2.71 bits per heavy atom. The lowest BCUT2D eigenvalue weighted by Crippen LogP contribution is -2.39. The first-order valence-electron chi connectivity index (χ1n) is 5.65. The van der Waals surface area contributed by atoms with Gasteiger partial charge in [-0.15, -0.1) is 0 Å². The molecule has 0 aliphatic carbocycles. The standard InChI is InChI=1S/C13H20N2O2/c1-9(10-5-4-6-11(16)7-10)15-12(17)8-13(2,3)14/h4-7,9,16H,8,14H2,1-3H3,(H,15,17). The van der Waals surface area contributed by atoms with Crippen LogP contribution in [-0.4, -0.2) is 16.6 Å². The molecule has 1 aromatic carbocycles. The summed E-state index contributed by atoms with van der Waals surface area (Å²) in [5.74, 6) is 0.107. The third-order valence-electron chi connectivity index (χ3n) is 2.36. The van der Waals surface area contributed by atoms with Crippen molar-refractivity contribution in [1.82, 2.24) is 5.32 Å². The van der Waals surface area contributed by atoms with Gasteiger partial charge >= 0.3 is 0 Å². The maximum atomic E-state index is 11.7. The number of nitrogens with two attached hydrogens (primary N) is 1. The van der Waals surface area contributed by atoms with Crippen molar-refractivity contribution in [2.45, 2.75) is 38.8 Å². The highest BCUT2D eigenvalue weighted by atomic mass is 16.3. The maximum absolute atomic E-state index is 11.7. The van der Waals surface area contributed by atoms with Crippen molar-refractivity contribution in [2.75, 3.05) is 0 Å². The van der Waals surface area contributed by atoms with Crippen LogP contribution in [0.15, 0.2) is 24.3 Å². The van der Waals surface area contributed by atoms with E-state index >= 15 is 0 Å². The van der Waals surface area contributed by atoms with E-state index in [-0.39, 0.29) is 24.1 Å². The van der Waals surface area contributed by atoms with Crippen LogP contribution in [0.25, 0.3) is 0 Å². The Hall–Kier alpha value is -1.55. The molecule has 0 aromatic heterocycles. The Kier molecular flexibility index (Phi) is 4.12. The minimum Gasteiger partial charge on any atom is -0.508 e. The van der Waals surface area contributed by atoms with Gasteiger partial charge in [-0.1, -0.05) is 12.1 Å². The maximum Gasteiger partial charge on any atom is 0.222 e. The summed E-state index contributed by atoms with van der Waals surface area (Å²) in [6.45, 7) is 5.49. The van der Waals surface area contributed by atoms with Crippen molar-refractivity contribution >= 4 is 5.91 Å². The molecule has 0 bridgehead atoms. The molecule has 4 heteroatoms. The molecule has 4 nitrogen and oxygen atoms in total. The Bertz CT molecular complexity index is 397. The number of aromatic hydroxyl groups is 1. The molecule has 1 amide bonds. The quantitative estimate of drug-likeness (QED) is 0.744. The molecule has 0 heterocycles. The van der Waals surface area contributed by atoms with Crippen LogP contribution in [0.3, 0.4) is 0 Å². The Labute approximate surface area is 102 Å². The van der Waals surface area contributed by atoms with E-state index in [0.717, 1.165) is 5.56 Å². The number of carbonyl (C=O) groups excluding carboxylic acids is 1. The van der Waals surface area contributed by atoms with Gasteiger partial charge in [-0.25, -0.2) is 0 Å². The molecule has 1 rings (SSSR count). The summed E-state index contributed by atoms with van der Waals surface area (Å²) < 4.78 is 0. The minimum atomic E-state index is -0.511. The first-order valence-corrected chi connectivity index (χ1v) is 5.65. The molecule has 0 spiro atoms. The second-order valence-electron chi connectivity index (χ2n) is 5.05. The Morgan fingerprint density at radius 2 is 2.18 bits per heavy atom. The predicted octanol–water partition coefficient (Wildman–Crippen LogP) is 1.70. The fourth-order valence-corrected chi connectivity index (χ4v) is 1.58. The van der Waals surface area contributed by atoms with Crippen molar-refractivity contribution in [2.24, 2.45) is 5.73 Å². The number of benzene rings is 1.